The minimum atomic E-state index is -3.38. The van der Waals surface area contributed by atoms with Gasteiger partial charge in [0.1, 0.15) is 12.7 Å². The van der Waals surface area contributed by atoms with Crippen LogP contribution in [-0.2, 0) is 14.8 Å². The number of benzene rings is 2. The van der Waals surface area contributed by atoms with Crippen molar-refractivity contribution in [3.63, 3.8) is 0 Å². The Hall–Kier alpha value is -3.24. The van der Waals surface area contributed by atoms with Crippen molar-refractivity contribution in [1.82, 2.24) is 14.1 Å². The van der Waals surface area contributed by atoms with Crippen molar-refractivity contribution < 1.29 is 22.8 Å². The molecular formula is C24H26N4O5S. The summed E-state index contributed by atoms with van der Waals surface area (Å²) in [4.78, 5) is 44.6. The molecule has 0 bridgehead atoms. The molecule has 9 nitrogen and oxygen atoms in total. The van der Waals surface area contributed by atoms with Gasteiger partial charge in [-0.15, -0.1) is 0 Å². The van der Waals surface area contributed by atoms with Crippen LogP contribution in [0.25, 0.3) is 0 Å². The van der Waals surface area contributed by atoms with Gasteiger partial charge in [-0.05, 0) is 32.0 Å². The highest BCUT2D eigenvalue weighted by Crippen LogP contribution is 2.45. The monoisotopic (exact) mass is 482 g/mol. The van der Waals surface area contributed by atoms with Gasteiger partial charge in [-0.2, -0.15) is 4.31 Å². The molecule has 0 N–H and O–H groups in total. The summed E-state index contributed by atoms with van der Waals surface area (Å²) in [6.07, 6.45) is -0.697. The van der Waals surface area contributed by atoms with Crippen LogP contribution in [0, 0.1) is 0 Å². The first-order chi connectivity index (χ1) is 16.2. The number of anilines is 1. The summed E-state index contributed by atoms with van der Waals surface area (Å²) in [6, 6.07) is 14.1. The molecule has 0 aromatic heterocycles. The fourth-order valence-corrected chi connectivity index (χ4v) is 6.14. The zero-order valence-electron chi connectivity index (χ0n) is 19.0. The number of carbonyl (C=O) groups excluding carboxylic acids is 3. The van der Waals surface area contributed by atoms with E-state index in [1.54, 1.807) is 60.0 Å². The molecule has 3 aliphatic heterocycles. The standard InChI is InChI=1S/C24H26N4O5S/c1-16(2)34(32,33)26-13-11-25(12-14-26)21(29)15-27-22-17-7-3-4-8-18(17)24(31)28(22)20-10-6-5-9-19(20)23(27)30/h3-10,16,22H,11-15H2,1-2H3/t22-/m1/s1. The Morgan fingerprint density at radius 1 is 0.912 bits per heavy atom. The Labute approximate surface area is 198 Å². The molecule has 0 unspecified atom stereocenters. The molecule has 5 rings (SSSR count). The number of piperazine rings is 1. The van der Waals surface area contributed by atoms with Crippen molar-refractivity contribution in [3.05, 3.63) is 65.2 Å². The second kappa shape index (κ2) is 8.21. The Balaban J connectivity index is 1.41. The van der Waals surface area contributed by atoms with Crippen molar-refractivity contribution in [2.45, 2.75) is 25.3 Å². The number of carbonyl (C=O) groups is 3. The van der Waals surface area contributed by atoms with E-state index in [0.29, 0.717) is 22.4 Å². The molecule has 10 heteroatoms. The van der Waals surface area contributed by atoms with Crippen molar-refractivity contribution >= 4 is 33.4 Å². The molecule has 1 fully saturated rings. The molecule has 3 amide bonds. The molecule has 3 aliphatic rings. The fourth-order valence-electron chi connectivity index (χ4n) is 4.87. The summed E-state index contributed by atoms with van der Waals surface area (Å²) < 4.78 is 26.3. The maximum absolute atomic E-state index is 13.5. The van der Waals surface area contributed by atoms with Gasteiger partial charge in [0, 0.05) is 37.3 Å². The van der Waals surface area contributed by atoms with Gasteiger partial charge in [-0.1, -0.05) is 30.3 Å². The van der Waals surface area contributed by atoms with Gasteiger partial charge in [-0.25, -0.2) is 8.42 Å². The highest BCUT2D eigenvalue weighted by molar-refractivity contribution is 7.89. The molecule has 2 aromatic carbocycles. The minimum absolute atomic E-state index is 0.202. The molecular weight excluding hydrogens is 456 g/mol. The third-order valence-electron chi connectivity index (χ3n) is 6.74. The molecule has 1 atom stereocenters. The first kappa shape index (κ1) is 22.5. The quantitative estimate of drug-likeness (QED) is 0.661. The van der Waals surface area contributed by atoms with E-state index in [0.717, 1.165) is 0 Å². The van der Waals surface area contributed by atoms with Crippen LogP contribution in [0.15, 0.2) is 48.5 Å². The summed E-state index contributed by atoms with van der Waals surface area (Å²) in [7, 11) is -3.38. The van der Waals surface area contributed by atoms with Gasteiger partial charge in [0.2, 0.25) is 15.9 Å². The Morgan fingerprint density at radius 3 is 2.21 bits per heavy atom. The maximum Gasteiger partial charge on any atom is 0.260 e. The summed E-state index contributed by atoms with van der Waals surface area (Å²) >= 11 is 0. The lowest BCUT2D eigenvalue weighted by molar-refractivity contribution is -0.133. The Bertz CT molecular complexity index is 1280. The van der Waals surface area contributed by atoms with Gasteiger partial charge >= 0.3 is 0 Å². The zero-order chi connectivity index (χ0) is 24.2. The number of rotatable bonds is 4. The SMILES string of the molecule is CC(C)S(=O)(=O)N1CCN(C(=O)CN2C(=O)c3ccccc3N3C(=O)c4ccccc4[C@H]23)CC1. The molecule has 178 valence electrons. The number of sulfonamides is 1. The predicted octanol–water partition coefficient (Wildman–Crippen LogP) is 1.68. The molecule has 0 spiro atoms. The van der Waals surface area contributed by atoms with Gasteiger partial charge in [0.25, 0.3) is 11.8 Å². The second-order valence-corrected chi connectivity index (χ2v) is 11.4. The first-order valence-electron chi connectivity index (χ1n) is 11.3. The van der Waals surface area contributed by atoms with Crippen LogP contribution in [0.2, 0.25) is 0 Å². The van der Waals surface area contributed by atoms with Crippen LogP contribution >= 0.6 is 0 Å². The van der Waals surface area contributed by atoms with Crippen LogP contribution in [-0.4, -0.2) is 78.2 Å². The second-order valence-electron chi connectivity index (χ2n) is 8.96. The zero-order valence-corrected chi connectivity index (χ0v) is 19.9. The highest BCUT2D eigenvalue weighted by atomic mass is 32.2. The van der Waals surface area contributed by atoms with Crippen LogP contribution in [0.4, 0.5) is 5.69 Å². The van der Waals surface area contributed by atoms with Gasteiger partial charge in [0.15, 0.2) is 0 Å². The van der Waals surface area contributed by atoms with Gasteiger partial charge < -0.3 is 9.80 Å². The third kappa shape index (κ3) is 3.40. The number of hydrogen-bond acceptors (Lipinski definition) is 5. The van der Waals surface area contributed by atoms with E-state index in [1.807, 2.05) is 12.1 Å². The smallest absolute Gasteiger partial charge is 0.260 e. The van der Waals surface area contributed by atoms with Crippen LogP contribution in [0.1, 0.15) is 46.3 Å². The van der Waals surface area contributed by atoms with Crippen molar-refractivity contribution in [2.24, 2.45) is 0 Å². The van der Waals surface area contributed by atoms with E-state index in [1.165, 1.54) is 9.21 Å². The lowest BCUT2D eigenvalue weighted by Crippen LogP contribution is -2.56. The maximum atomic E-state index is 13.5. The van der Waals surface area contributed by atoms with Crippen molar-refractivity contribution in [3.8, 4) is 0 Å². The van der Waals surface area contributed by atoms with E-state index in [9.17, 15) is 22.8 Å². The molecule has 34 heavy (non-hydrogen) atoms. The summed E-state index contributed by atoms with van der Waals surface area (Å²) in [5.41, 5.74) is 2.12. The predicted molar refractivity (Wildman–Crippen MR) is 126 cm³/mol. The topological polar surface area (TPSA) is 98.3 Å². The molecule has 0 aliphatic carbocycles. The first-order valence-corrected chi connectivity index (χ1v) is 12.8. The minimum Gasteiger partial charge on any atom is -0.339 e. The van der Waals surface area contributed by atoms with E-state index in [2.05, 4.69) is 0 Å². The number of fused-ring (bicyclic) bond motifs is 5. The molecule has 2 aromatic rings. The van der Waals surface area contributed by atoms with E-state index >= 15 is 0 Å². The Kier molecular flexibility index (Phi) is 5.44. The summed E-state index contributed by atoms with van der Waals surface area (Å²) in [5.74, 6) is -0.785. The molecule has 0 radical (unpaired) electrons. The highest BCUT2D eigenvalue weighted by Gasteiger charge is 2.48. The normalized spacial score (nSPS) is 20.4. The number of nitrogens with zero attached hydrogens (tertiary/aromatic N) is 4. The van der Waals surface area contributed by atoms with Gasteiger partial charge in [0.05, 0.1) is 16.5 Å². The average Bonchev–Trinajstić information content (AvgIpc) is 3.14. The summed E-state index contributed by atoms with van der Waals surface area (Å²) in [5, 5.41) is -0.522. The van der Waals surface area contributed by atoms with Crippen molar-refractivity contribution in [2.75, 3.05) is 37.6 Å². The largest absolute Gasteiger partial charge is 0.339 e. The van der Waals surface area contributed by atoms with E-state index in [4.69, 9.17) is 0 Å². The molecule has 0 saturated carbocycles. The Morgan fingerprint density at radius 2 is 1.53 bits per heavy atom. The number of para-hydroxylation sites is 1. The van der Waals surface area contributed by atoms with Crippen LogP contribution < -0.4 is 4.90 Å². The van der Waals surface area contributed by atoms with Gasteiger partial charge in [-0.3, -0.25) is 19.3 Å². The van der Waals surface area contributed by atoms with E-state index < -0.39 is 21.4 Å². The van der Waals surface area contributed by atoms with Crippen LogP contribution in [0.5, 0.6) is 0 Å². The molecule has 1 saturated heterocycles. The summed E-state index contributed by atoms with van der Waals surface area (Å²) in [6.45, 7) is 4.03. The lowest BCUT2D eigenvalue weighted by atomic mass is 10.0. The lowest BCUT2D eigenvalue weighted by Gasteiger charge is -2.42. The van der Waals surface area contributed by atoms with Crippen molar-refractivity contribution in [1.29, 1.82) is 0 Å². The van der Waals surface area contributed by atoms with Crippen LogP contribution in [0.3, 0.4) is 0 Å². The number of amides is 3. The number of hydrogen-bond donors (Lipinski definition) is 0. The fraction of sp³-hybridized carbons (Fsp3) is 0.375. The average molecular weight is 483 g/mol. The third-order valence-corrected chi connectivity index (χ3v) is 9.01. The van der Waals surface area contributed by atoms with E-state index in [-0.39, 0.29) is 50.4 Å². The molecule has 3 heterocycles.